The molecule has 0 amide bonds. The summed E-state index contributed by atoms with van der Waals surface area (Å²) in [6.45, 7) is 2.28. The number of hydrogen-bond donors (Lipinski definition) is 2. The van der Waals surface area contributed by atoms with Crippen molar-refractivity contribution in [2.45, 2.75) is 30.5 Å². The molecule has 3 atom stereocenters. The van der Waals surface area contributed by atoms with Crippen LogP contribution in [-0.4, -0.2) is 32.5 Å². The summed E-state index contributed by atoms with van der Waals surface area (Å²) >= 11 is 0. The van der Waals surface area contributed by atoms with E-state index in [1.807, 2.05) is 0 Å². The van der Waals surface area contributed by atoms with Gasteiger partial charge in [-0.3, -0.25) is 0 Å². The quantitative estimate of drug-likeness (QED) is 0.864. The van der Waals surface area contributed by atoms with Crippen molar-refractivity contribution < 1.29 is 9.47 Å². The summed E-state index contributed by atoms with van der Waals surface area (Å²) in [7, 11) is 1.77. The zero-order valence-electron chi connectivity index (χ0n) is 11.4. The first-order valence-electron chi connectivity index (χ1n) is 6.95. The monoisotopic (exact) mass is 262 g/mol. The summed E-state index contributed by atoms with van der Waals surface area (Å²) in [6.07, 6.45) is 1.91. The highest BCUT2D eigenvalue weighted by molar-refractivity contribution is 5.37. The SMILES string of the molecule is COC1(CNC2CC(N)c3ccccc32)CCOC1. The maximum atomic E-state index is 6.19. The summed E-state index contributed by atoms with van der Waals surface area (Å²) in [6, 6.07) is 8.92. The van der Waals surface area contributed by atoms with Crippen molar-refractivity contribution in [3.05, 3.63) is 35.4 Å². The molecule has 0 bridgehead atoms. The minimum absolute atomic E-state index is 0.145. The van der Waals surface area contributed by atoms with Gasteiger partial charge in [-0.25, -0.2) is 0 Å². The number of fused-ring (bicyclic) bond motifs is 1. The molecule has 1 aliphatic heterocycles. The van der Waals surface area contributed by atoms with E-state index in [4.69, 9.17) is 15.2 Å². The van der Waals surface area contributed by atoms with Crippen LogP contribution in [0.15, 0.2) is 24.3 Å². The van der Waals surface area contributed by atoms with Crippen LogP contribution in [-0.2, 0) is 9.47 Å². The highest BCUT2D eigenvalue weighted by atomic mass is 16.5. The van der Waals surface area contributed by atoms with E-state index in [1.54, 1.807) is 7.11 Å². The number of rotatable bonds is 4. The molecule has 0 aromatic heterocycles. The van der Waals surface area contributed by atoms with Crippen molar-refractivity contribution in [3.8, 4) is 0 Å². The van der Waals surface area contributed by atoms with Crippen molar-refractivity contribution in [3.63, 3.8) is 0 Å². The predicted octanol–water partition coefficient (Wildman–Crippen LogP) is 1.53. The molecule has 19 heavy (non-hydrogen) atoms. The number of hydrogen-bond acceptors (Lipinski definition) is 4. The molecule has 4 heteroatoms. The van der Waals surface area contributed by atoms with Crippen LogP contribution in [0.2, 0.25) is 0 Å². The Labute approximate surface area is 114 Å². The summed E-state index contributed by atoms with van der Waals surface area (Å²) in [4.78, 5) is 0. The Hall–Kier alpha value is -0.940. The minimum atomic E-state index is -0.165. The standard InChI is InChI=1S/C15H22N2O2/c1-18-15(6-7-19-10-15)9-17-14-8-13(16)11-4-2-3-5-12(11)14/h2-5,13-14,17H,6-10,16H2,1H3. The number of benzene rings is 1. The van der Waals surface area contributed by atoms with Gasteiger partial charge >= 0.3 is 0 Å². The lowest BCUT2D eigenvalue weighted by molar-refractivity contribution is -0.0175. The molecule has 3 rings (SSSR count). The molecule has 2 aliphatic rings. The molecule has 1 aromatic carbocycles. The van der Waals surface area contributed by atoms with Crippen LogP contribution in [0.3, 0.4) is 0 Å². The second-order valence-corrected chi connectivity index (χ2v) is 5.59. The molecule has 1 saturated heterocycles. The van der Waals surface area contributed by atoms with Crippen LogP contribution in [0.25, 0.3) is 0 Å². The zero-order valence-corrected chi connectivity index (χ0v) is 11.4. The van der Waals surface area contributed by atoms with Gasteiger partial charge in [0.05, 0.1) is 6.61 Å². The van der Waals surface area contributed by atoms with Gasteiger partial charge in [0.1, 0.15) is 5.60 Å². The lowest BCUT2D eigenvalue weighted by Crippen LogP contribution is -2.43. The Bertz CT molecular complexity index is 444. The minimum Gasteiger partial charge on any atom is -0.378 e. The fourth-order valence-electron chi connectivity index (χ4n) is 3.14. The Morgan fingerprint density at radius 2 is 2.21 bits per heavy atom. The van der Waals surface area contributed by atoms with Gasteiger partial charge in [-0.1, -0.05) is 24.3 Å². The topological polar surface area (TPSA) is 56.5 Å². The van der Waals surface area contributed by atoms with Crippen molar-refractivity contribution in [1.82, 2.24) is 5.32 Å². The molecular formula is C15H22N2O2. The summed E-state index contributed by atoms with van der Waals surface area (Å²) in [5.41, 5.74) is 8.63. The average molecular weight is 262 g/mol. The molecule has 0 radical (unpaired) electrons. The molecular weight excluding hydrogens is 240 g/mol. The zero-order chi connectivity index (χ0) is 13.3. The maximum Gasteiger partial charge on any atom is 0.106 e. The van der Waals surface area contributed by atoms with E-state index in [-0.39, 0.29) is 11.6 Å². The lowest BCUT2D eigenvalue weighted by atomic mass is 10.0. The predicted molar refractivity (Wildman–Crippen MR) is 73.9 cm³/mol. The number of methoxy groups -OCH3 is 1. The number of ether oxygens (including phenoxy) is 2. The number of nitrogens with one attached hydrogen (secondary N) is 1. The first-order valence-corrected chi connectivity index (χ1v) is 6.95. The van der Waals surface area contributed by atoms with Crippen LogP contribution in [0, 0.1) is 0 Å². The van der Waals surface area contributed by atoms with Crippen molar-refractivity contribution in [2.75, 3.05) is 26.9 Å². The van der Waals surface area contributed by atoms with Crippen molar-refractivity contribution in [2.24, 2.45) is 5.73 Å². The van der Waals surface area contributed by atoms with Crippen molar-refractivity contribution >= 4 is 0 Å². The summed E-state index contributed by atoms with van der Waals surface area (Å²) in [5, 5.41) is 3.62. The van der Waals surface area contributed by atoms with Gasteiger partial charge in [0, 0.05) is 38.8 Å². The maximum absolute atomic E-state index is 6.19. The Kier molecular flexibility index (Phi) is 3.58. The van der Waals surface area contributed by atoms with E-state index in [2.05, 4.69) is 29.6 Å². The molecule has 1 fully saturated rings. The van der Waals surface area contributed by atoms with E-state index < -0.39 is 0 Å². The van der Waals surface area contributed by atoms with E-state index in [0.717, 1.165) is 26.0 Å². The second-order valence-electron chi connectivity index (χ2n) is 5.59. The molecule has 3 N–H and O–H groups in total. The van der Waals surface area contributed by atoms with Gasteiger partial charge in [0.15, 0.2) is 0 Å². The van der Waals surface area contributed by atoms with E-state index >= 15 is 0 Å². The smallest absolute Gasteiger partial charge is 0.106 e. The summed E-state index contributed by atoms with van der Waals surface area (Å²) in [5.74, 6) is 0. The third kappa shape index (κ3) is 2.41. The third-order valence-corrected chi connectivity index (χ3v) is 4.43. The molecule has 3 unspecified atom stereocenters. The van der Waals surface area contributed by atoms with Crippen LogP contribution >= 0.6 is 0 Å². The highest BCUT2D eigenvalue weighted by Crippen LogP contribution is 2.37. The van der Waals surface area contributed by atoms with Gasteiger partial charge < -0.3 is 20.5 Å². The average Bonchev–Trinajstić information content (AvgIpc) is 3.03. The lowest BCUT2D eigenvalue weighted by Gasteiger charge is -2.28. The molecule has 104 valence electrons. The van der Waals surface area contributed by atoms with Gasteiger partial charge in [-0.05, 0) is 17.5 Å². The first-order chi connectivity index (χ1) is 9.24. The van der Waals surface area contributed by atoms with Gasteiger partial charge in [-0.15, -0.1) is 0 Å². The molecule has 4 nitrogen and oxygen atoms in total. The summed E-state index contributed by atoms with van der Waals surface area (Å²) < 4.78 is 11.1. The van der Waals surface area contributed by atoms with E-state index in [1.165, 1.54) is 11.1 Å². The fourth-order valence-corrected chi connectivity index (χ4v) is 3.14. The van der Waals surface area contributed by atoms with Crippen molar-refractivity contribution in [1.29, 1.82) is 0 Å². The fraction of sp³-hybridized carbons (Fsp3) is 0.600. The highest BCUT2D eigenvalue weighted by Gasteiger charge is 2.36. The molecule has 1 heterocycles. The van der Waals surface area contributed by atoms with Crippen LogP contribution < -0.4 is 11.1 Å². The van der Waals surface area contributed by atoms with Gasteiger partial charge in [-0.2, -0.15) is 0 Å². The van der Waals surface area contributed by atoms with E-state index in [9.17, 15) is 0 Å². The van der Waals surface area contributed by atoms with Gasteiger partial charge in [0.25, 0.3) is 0 Å². The first kappa shape index (κ1) is 13.1. The van der Waals surface area contributed by atoms with Crippen LogP contribution in [0.5, 0.6) is 0 Å². The Morgan fingerprint density at radius 3 is 2.89 bits per heavy atom. The van der Waals surface area contributed by atoms with E-state index in [0.29, 0.717) is 12.6 Å². The third-order valence-electron chi connectivity index (χ3n) is 4.43. The molecule has 1 aromatic rings. The molecule has 0 spiro atoms. The Balaban J connectivity index is 1.68. The van der Waals surface area contributed by atoms with Crippen LogP contribution in [0.4, 0.5) is 0 Å². The molecule has 1 aliphatic carbocycles. The second kappa shape index (κ2) is 5.21. The normalized spacial score (nSPS) is 33.6. The Morgan fingerprint density at radius 1 is 1.42 bits per heavy atom. The number of nitrogens with two attached hydrogens (primary N) is 1. The van der Waals surface area contributed by atoms with Crippen LogP contribution in [0.1, 0.15) is 36.1 Å². The van der Waals surface area contributed by atoms with Gasteiger partial charge in [0.2, 0.25) is 0 Å². The largest absolute Gasteiger partial charge is 0.378 e. The molecule has 0 saturated carbocycles.